The number of nitrogens with zero attached hydrogens (tertiary/aromatic N) is 3. The highest BCUT2D eigenvalue weighted by Gasteiger charge is 2.11. The van der Waals surface area contributed by atoms with Gasteiger partial charge in [0.05, 0.1) is 5.69 Å². The fourth-order valence-electron chi connectivity index (χ4n) is 1.21. The molecule has 1 N–H and O–H groups in total. The van der Waals surface area contributed by atoms with Crippen LogP contribution >= 0.6 is 0 Å². The van der Waals surface area contributed by atoms with E-state index in [1.54, 1.807) is 0 Å². The first-order valence-electron chi connectivity index (χ1n) is 3.86. The highest BCUT2D eigenvalue weighted by molar-refractivity contribution is 6.02. The Labute approximate surface area is 74.2 Å². The zero-order valence-electron chi connectivity index (χ0n) is 7.33. The predicted molar refractivity (Wildman–Crippen MR) is 46.4 cm³/mol. The number of aromatic amines is 1. The second-order valence-electron chi connectivity index (χ2n) is 2.82. The van der Waals surface area contributed by atoms with Gasteiger partial charge in [0.1, 0.15) is 23.1 Å². The van der Waals surface area contributed by atoms with Gasteiger partial charge in [-0.1, -0.05) is 0 Å². The second-order valence-corrected chi connectivity index (χ2v) is 2.82. The van der Waals surface area contributed by atoms with Gasteiger partial charge in [-0.2, -0.15) is 5.10 Å². The summed E-state index contributed by atoms with van der Waals surface area (Å²) in [5, 5.41) is 6.74. The van der Waals surface area contributed by atoms with E-state index in [-0.39, 0.29) is 5.78 Å². The molecule has 2 aromatic rings. The molecule has 5 heteroatoms. The average molecular weight is 176 g/mol. The summed E-state index contributed by atoms with van der Waals surface area (Å²) in [6, 6.07) is 0. The van der Waals surface area contributed by atoms with E-state index in [0.29, 0.717) is 16.7 Å². The Balaban J connectivity index is 2.84. The Morgan fingerprint density at radius 2 is 2.15 bits per heavy atom. The molecule has 13 heavy (non-hydrogen) atoms. The van der Waals surface area contributed by atoms with Crippen molar-refractivity contribution in [2.24, 2.45) is 0 Å². The minimum Gasteiger partial charge on any atom is -0.293 e. The highest BCUT2D eigenvalue weighted by Crippen LogP contribution is 2.14. The maximum Gasteiger partial charge on any atom is 0.180 e. The number of fused-ring (bicyclic) bond motifs is 1. The number of carbonyl (C=O) groups excluding carboxylic acids is 1. The molecular formula is C8H8N4O. The standard InChI is InChI=1S/C8H8N4O/c1-4-6-8(12-11-4)7(5(2)13)10-3-9-6/h3H,1-2H3,(H,11,12). The molecule has 0 aromatic carbocycles. The molecular weight excluding hydrogens is 168 g/mol. The molecule has 0 radical (unpaired) electrons. The van der Waals surface area contributed by atoms with Crippen LogP contribution in [0.5, 0.6) is 0 Å². The summed E-state index contributed by atoms with van der Waals surface area (Å²) >= 11 is 0. The van der Waals surface area contributed by atoms with Gasteiger partial charge >= 0.3 is 0 Å². The number of hydrogen-bond donors (Lipinski definition) is 1. The lowest BCUT2D eigenvalue weighted by Crippen LogP contribution is -1.98. The largest absolute Gasteiger partial charge is 0.293 e. The lowest BCUT2D eigenvalue weighted by atomic mass is 10.2. The summed E-state index contributed by atoms with van der Waals surface area (Å²) in [6.07, 6.45) is 1.38. The topological polar surface area (TPSA) is 71.5 Å². The fourth-order valence-corrected chi connectivity index (χ4v) is 1.21. The molecule has 0 aliphatic heterocycles. The summed E-state index contributed by atoms with van der Waals surface area (Å²) in [6.45, 7) is 3.32. The summed E-state index contributed by atoms with van der Waals surface area (Å²) in [4.78, 5) is 19.0. The van der Waals surface area contributed by atoms with Crippen molar-refractivity contribution in [3.8, 4) is 0 Å². The van der Waals surface area contributed by atoms with Gasteiger partial charge in [-0.05, 0) is 6.92 Å². The van der Waals surface area contributed by atoms with Gasteiger partial charge in [-0.3, -0.25) is 9.89 Å². The monoisotopic (exact) mass is 176 g/mol. The normalized spacial score (nSPS) is 10.6. The van der Waals surface area contributed by atoms with Gasteiger partial charge < -0.3 is 0 Å². The van der Waals surface area contributed by atoms with E-state index in [9.17, 15) is 4.79 Å². The third-order valence-corrected chi connectivity index (χ3v) is 1.85. The van der Waals surface area contributed by atoms with Crippen molar-refractivity contribution in [1.29, 1.82) is 0 Å². The van der Waals surface area contributed by atoms with Crippen molar-refractivity contribution < 1.29 is 4.79 Å². The summed E-state index contributed by atoms with van der Waals surface area (Å²) < 4.78 is 0. The summed E-state index contributed by atoms with van der Waals surface area (Å²) in [5.74, 6) is -0.0982. The van der Waals surface area contributed by atoms with Crippen LogP contribution in [0.15, 0.2) is 6.33 Å². The maximum atomic E-state index is 11.1. The first kappa shape index (κ1) is 7.85. The number of Topliss-reactive ketones (excluding diaryl/α,β-unsaturated/α-hetero) is 1. The Morgan fingerprint density at radius 3 is 2.85 bits per heavy atom. The first-order valence-corrected chi connectivity index (χ1v) is 3.86. The molecule has 2 rings (SSSR count). The molecule has 0 aliphatic carbocycles. The van der Waals surface area contributed by atoms with Crippen molar-refractivity contribution in [3.63, 3.8) is 0 Å². The Hall–Kier alpha value is -1.78. The van der Waals surface area contributed by atoms with Crippen LogP contribution in [0.1, 0.15) is 23.1 Å². The van der Waals surface area contributed by atoms with Crippen molar-refractivity contribution >= 4 is 16.8 Å². The number of nitrogens with one attached hydrogen (secondary N) is 1. The molecule has 0 bridgehead atoms. The van der Waals surface area contributed by atoms with Crippen molar-refractivity contribution in [2.75, 3.05) is 0 Å². The zero-order chi connectivity index (χ0) is 9.42. The molecule has 0 unspecified atom stereocenters. The highest BCUT2D eigenvalue weighted by atomic mass is 16.1. The van der Waals surface area contributed by atoms with Crippen LogP contribution in [-0.4, -0.2) is 25.9 Å². The van der Waals surface area contributed by atoms with E-state index < -0.39 is 0 Å². The lowest BCUT2D eigenvalue weighted by Gasteiger charge is -1.93. The minimum atomic E-state index is -0.0982. The van der Waals surface area contributed by atoms with Gasteiger partial charge in [0.2, 0.25) is 0 Å². The smallest absolute Gasteiger partial charge is 0.180 e. The maximum absolute atomic E-state index is 11.1. The summed E-state index contributed by atoms with van der Waals surface area (Å²) in [5.41, 5.74) is 2.47. The van der Waals surface area contributed by atoms with Crippen LogP contribution in [0, 0.1) is 6.92 Å². The van der Waals surface area contributed by atoms with E-state index in [1.165, 1.54) is 13.3 Å². The number of hydrogen-bond acceptors (Lipinski definition) is 4. The Bertz CT molecular complexity index is 474. The van der Waals surface area contributed by atoms with E-state index in [0.717, 1.165) is 5.69 Å². The molecule has 0 spiro atoms. The molecule has 0 atom stereocenters. The number of carbonyl (C=O) groups is 1. The van der Waals surface area contributed by atoms with Gasteiger partial charge in [0.15, 0.2) is 5.78 Å². The number of ketones is 1. The van der Waals surface area contributed by atoms with Gasteiger partial charge in [0, 0.05) is 6.92 Å². The quantitative estimate of drug-likeness (QED) is 0.654. The number of H-pyrrole nitrogens is 1. The molecule has 0 amide bonds. The molecule has 0 saturated heterocycles. The fraction of sp³-hybridized carbons (Fsp3) is 0.250. The van der Waals surface area contributed by atoms with E-state index in [2.05, 4.69) is 20.2 Å². The SMILES string of the molecule is CC(=O)c1ncnc2c(C)[nH]nc12. The lowest BCUT2D eigenvalue weighted by molar-refractivity contribution is 0.101. The summed E-state index contributed by atoms with van der Waals surface area (Å²) in [7, 11) is 0. The van der Waals surface area contributed by atoms with E-state index in [1.807, 2.05) is 6.92 Å². The molecule has 0 aliphatic rings. The van der Waals surface area contributed by atoms with Crippen molar-refractivity contribution in [2.45, 2.75) is 13.8 Å². The molecule has 0 saturated carbocycles. The van der Waals surface area contributed by atoms with Gasteiger partial charge in [-0.15, -0.1) is 0 Å². The van der Waals surface area contributed by atoms with Crippen molar-refractivity contribution in [1.82, 2.24) is 20.2 Å². The van der Waals surface area contributed by atoms with Crippen LogP contribution in [0.25, 0.3) is 11.0 Å². The number of aromatic nitrogens is 4. The molecule has 2 aromatic heterocycles. The average Bonchev–Trinajstić information content (AvgIpc) is 2.48. The molecule has 0 fully saturated rings. The van der Waals surface area contributed by atoms with Crippen LogP contribution < -0.4 is 0 Å². The van der Waals surface area contributed by atoms with Crippen LogP contribution in [-0.2, 0) is 0 Å². The van der Waals surface area contributed by atoms with Crippen molar-refractivity contribution in [3.05, 3.63) is 17.7 Å². The zero-order valence-corrected chi connectivity index (χ0v) is 7.33. The number of aryl methyl sites for hydroxylation is 1. The second kappa shape index (κ2) is 2.62. The minimum absolute atomic E-state index is 0.0982. The van der Waals surface area contributed by atoms with Gasteiger partial charge in [0.25, 0.3) is 0 Å². The third kappa shape index (κ3) is 1.09. The molecule has 66 valence electrons. The van der Waals surface area contributed by atoms with E-state index in [4.69, 9.17) is 0 Å². The van der Waals surface area contributed by atoms with E-state index >= 15 is 0 Å². The Morgan fingerprint density at radius 1 is 1.38 bits per heavy atom. The van der Waals surface area contributed by atoms with Crippen LogP contribution in [0.2, 0.25) is 0 Å². The molecule has 2 heterocycles. The first-order chi connectivity index (χ1) is 6.20. The third-order valence-electron chi connectivity index (χ3n) is 1.85. The molecule has 5 nitrogen and oxygen atoms in total. The van der Waals surface area contributed by atoms with Crippen LogP contribution in [0.3, 0.4) is 0 Å². The predicted octanol–water partition coefficient (Wildman–Crippen LogP) is 0.864. The van der Waals surface area contributed by atoms with Gasteiger partial charge in [-0.25, -0.2) is 9.97 Å². The number of rotatable bonds is 1. The Kier molecular flexibility index (Phi) is 1.58. The van der Waals surface area contributed by atoms with Crippen LogP contribution in [0.4, 0.5) is 0 Å².